The fourth-order valence-corrected chi connectivity index (χ4v) is 3.06. The lowest BCUT2D eigenvalue weighted by atomic mass is 10.0. The summed E-state index contributed by atoms with van der Waals surface area (Å²) in [6, 6.07) is 26.4. The van der Waals surface area contributed by atoms with Gasteiger partial charge in [-0.15, -0.1) is 5.10 Å². The van der Waals surface area contributed by atoms with Crippen molar-refractivity contribution >= 4 is 17.4 Å². The van der Waals surface area contributed by atoms with Crippen LogP contribution in [0.3, 0.4) is 0 Å². The third-order valence-electron chi connectivity index (χ3n) is 4.28. The molecule has 0 saturated heterocycles. The molecule has 1 heterocycles. The molecule has 0 bridgehead atoms. The number of aromatic nitrogens is 3. The van der Waals surface area contributed by atoms with E-state index >= 15 is 0 Å². The normalized spacial score (nSPS) is 10.7. The van der Waals surface area contributed by atoms with E-state index in [9.17, 15) is 4.79 Å². The molecule has 0 aliphatic rings. The van der Waals surface area contributed by atoms with Gasteiger partial charge in [0.1, 0.15) is 11.4 Å². The van der Waals surface area contributed by atoms with Crippen molar-refractivity contribution in [2.24, 2.45) is 0 Å². The first-order chi connectivity index (χ1) is 13.2. The molecule has 0 N–H and O–H groups in total. The molecule has 0 spiro atoms. The van der Waals surface area contributed by atoms with Crippen LogP contribution in [0.5, 0.6) is 0 Å². The summed E-state index contributed by atoms with van der Waals surface area (Å²) >= 11 is 5.97. The summed E-state index contributed by atoms with van der Waals surface area (Å²) in [5.74, 6) is -0.133. The van der Waals surface area contributed by atoms with Gasteiger partial charge in [0, 0.05) is 16.1 Å². The van der Waals surface area contributed by atoms with E-state index in [0.29, 0.717) is 28.5 Å². The second-order valence-corrected chi connectivity index (χ2v) is 6.57. The van der Waals surface area contributed by atoms with Gasteiger partial charge < -0.3 is 0 Å². The first-order valence-corrected chi connectivity index (χ1v) is 8.93. The van der Waals surface area contributed by atoms with Crippen molar-refractivity contribution in [1.29, 1.82) is 0 Å². The van der Waals surface area contributed by atoms with Gasteiger partial charge in [0.15, 0.2) is 0 Å². The Kier molecular flexibility index (Phi) is 4.81. The van der Waals surface area contributed by atoms with E-state index in [0.717, 1.165) is 11.1 Å². The lowest BCUT2D eigenvalue weighted by Gasteiger charge is -2.08. The molecular formula is C22H16ClN3O. The smallest absolute Gasteiger partial charge is 0.213 e. The molecule has 0 aliphatic heterocycles. The van der Waals surface area contributed by atoms with Crippen molar-refractivity contribution in [3.8, 4) is 11.3 Å². The van der Waals surface area contributed by atoms with Gasteiger partial charge in [-0.1, -0.05) is 77.5 Å². The summed E-state index contributed by atoms with van der Waals surface area (Å²) in [6.07, 6.45) is 0. The standard InChI is InChI=1S/C22H16ClN3O/c23-19-13-11-18(12-14-19)22(27)21-20(17-9-5-2-6-10-17)24-25-26(21)15-16-7-3-1-4-8-16/h1-14H,15H2. The Morgan fingerprint density at radius 3 is 2.15 bits per heavy atom. The fourth-order valence-electron chi connectivity index (χ4n) is 2.93. The Labute approximate surface area is 162 Å². The van der Waals surface area contributed by atoms with E-state index < -0.39 is 0 Å². The molecule has 27 heavy (non-hydrogen) atoms. The van der Waals surface area contributed by atoms with E-state index in [1.165, 1.54) is 0 Å². The first kappa shape index (κ1) is 17.2. The van der Waals surface area contributed by atoms with Gasteiger partial charge in [0.25, 0.3) is 0 Å². The SMILES string of the molecule is O=C(c1ccc(Cl)cc1)c1c(-c2ccccc2)nnn1Cc1ccccc1. The molecule has 0 radical (unpaired) electrons. The minimum atomic E-state index is -0.133. The molecule has 5 heteroatoms. The first-order valence-electron chi connectivity index (χ1n) is 8.55. The number of nitrogens with zero attached hydrogens (tertiary/aromatic N) is 3. The van der Waals surface area contributed by atoms with E-state index in [2.05, 4.69) is 10.3 Å². The number of halogens is 1. The van der Waals surface area contributed by atoms with Crippen molar-refractivity contribution in [1.82, 2.24) is 15.0 Å². The summed E-state index contributed by atoms with van der Waals surface area (Å²) < 4.78 is 1.66. The third-order valence-corrected chi connectivity index (χ3v) is 4.53. The minimum absolute atomic E-state index is 0.133. The molecule has 132 valence electrons. The average molecular weight is 374 g/mol. The number of ketones is 1. The van der Waals surface area contributed by atoms with Crippen molar-refractivity contribution in [2.45, 2.75) is 6.54 Å². The summed E-state index contributed by atoms with van der Waals surface area (Å²) in [7, 11) is 0. The molecule has 4 rings (SSSR count). The quantitative estimate of drug-likeness (QED) is 0.468. The molecule has 0 amide bonds. The average Bonchev–Trinajstić information content (AvgIpc) is 3.13. The predicted molar refractivity (Wildman–Crippen MR) is 106 cm³/mol. The lowest BCUT2D eigenvalue weighted by Crippen LogP contribution is -2.13. The van der Waals surface area contributed by atoms with Crippen LogP contribution in [0.1, 0.15) is 21.6 Å². The molecular weight excluding hydrogens is 358 g/mol. The summed E-state index contributed by atoms with van der Waals surface area (Å²) in [5.41, 5.74) is 3.49. The molecule has 0 atom stereocenters. The van der Waals surface area contributed by atoms with Gasteiger partial charge in [-0.3, -0.25) is 4.79 Å². The van der Waals surface area contributed by atoms with E-state index in [-0.39, 0.29) is 5.78 Å². The number of carbonyl (C=O) groups excluding carboxylic acids is 1. The molecule has 4 nitrogen and oxygen atoms in total. The monoisotopic (exact) mass is 373 g/mol. The van der Waals surface area contributed by atoms with Crippen LogP contribution in [-0.2, 0) is 6.54 Å². The zero-order valence-electron chi connectivity index (χ0n) is 14.4. The Morgan fingerprint density at radius 2 is 1.48 bits per heavy atom. The highest BCUT2D eigenvalue weighted by molar-refractivity contribution is 6.30. The molecule has 4 aromatic rings. The Morgan fingerprint density at radius 1 is 0.852 bits per heavy atom. The van der Waals surface area contributed by atoms with E-state index in [1.807, 2.05) is 60.7 Å². The molecule has 0 aliphatic carbocycles. The van der Waals surface area contributed by atoms with Crippen LogP contribution in [0.15, 0.2) is 84.9 Å². The fraction of sp³-hybridized carbons (Fsp3) is 0.0455. The topological polar surface area (TPSA) is 47.8 Å². The van der Waals surface area contributed by atoms with Gasteiger partial charge in [-0.05, 0) is 29.8 Å². The van der Waals surface area contributed by atoms with Crippen molar-refractivity contribution in [3.05, 3.63) is 107 Å². The second-order valence-electron chi connectivity index (χ2n) is 6.13. The van der Waals surface area contributed by atoms with Crippen LogP contribution in [0.4, 0.5) is 0 Å². The second kappa shape index (κ2) is 7.56. The number of carbonyl (C=O) groups is 1. The molecule has 0 fully saturated rings. The van der Waals surface area contributed by atoms with Crippen molar-refractivity contribution < 1.29 is 4.79 Å². The van der Waals surface area contributed by atoms with Crippen molar-refractivity contribution in [2.75, 3.05) is 0 Å². The summed E-state index contributed by atoms with van der Waals surface area (Å²) in [6.45, 7) is 0.468. The zero-order valence-corrected chi connectivity index (χ0v) is 15.2. The van der Waals surface area contributed by atoms with Crippen LogP contribution < -0.4 is 0 Å². The van der Waals surface area contributed by atoms with Crippen LogP contribution >= 0.6 is 11.6 Å². The van der Waals surface area contributed by atoms with Gasteiger partial charge in [-0.25, -0.2) is 4.68 Å². The largest absolute Gasteiger partial charge is 0.287 e. The highest BCUT2D eigenvalue weighted by Gasteiger charge is 2.23. The number of hydrogen-bond donors (Lipinski definition) is 0. The molecule has 0 saturated carbocycles. The maximum atomic E-state index is 13.3. The van der Waals surface area contributed by atoms with Gasteiger partial charge in [0.2, 0.25) is 5.78 Å². The maximum Gasteiger partial charge on any atom is 0.213 e. The van der Waals surface area contributed by atoms with Crippen molar-refractivity contribution in [3.63, 3.8) is 0 Å². The third kappa shape index (κ3) is 3.66. The zero-order chi connectivity index (χ0) is 18.6. The maximum absolute atomic E-state index is 13.3. The Balaban J connectivity index is 1.81. The van der Waals surface area contributed by atoms with Gasteiger partial charge >= 0.3 is 0 Å². The highest BCUT2D eigenvalue weighted by Crippen LogP contribution is 2.24. The number of rotatable bonds is 5. The summed E-state index contributed by atoms with van der Waals surface area (Å²) in [5, 5.41) is 9.17. The van der Waals surface area contributed by atoms with Gasteiger partial charge in [0.05, 0.1) is 6.54 Å². The molecule has 1 aromatic heterocycles. The predicted octanol–water partition coefficient (Wildman–Crippen LogP) is 4.88. The molecule has 0 unspecified atom stereocenters. The van der Waals surface area contributed by atoms with E-state index in [4.69, 9.17) is 11.6 Å². The van der Waals surface area contributed by atoms with E-state index in [1.54, 1.807) is 28.9 Å². The van der Waals surface area contributed by atoms with Gasteiger partial charge in [-0.2, -0.15) is 0 Å². The molecule has 3 aromatic carbocycles. The van der Waals surface area contributed by atoms with Crippen LogP contribution in [0.2, 0.25) is 5.02 Å². The highest BCUT2D eigenvalue weighted by atomic mass is 35.5. The van der Waals surface area contributed by atoms with Crippen LogP contribution in [-0.4, -0.2) is 20.8 Å². The Hall–Kier alpha value is -3.24. The number of benzene rings is 3. The summed E-state index contributed by atoms with van der Waals surface area (Å²) in [4.78, 5) is 13.3. The van der Waals surface area contributed by atoms with Crippen LogP contribution in [0.25, 0.3) is 11.3 Å². The lowest BCUT2D eigenvalue weighted by molar-refractivity contribution is 0.103. The van der Waals surface area contributed by atoms with Crippen LogP contribution in [0, 0.1) is 0 Å². The Bertz CT molecular complexity index is 1060. The number of hydrogen-bond acceptors (Lipinski definition) is 3. The minimum Gasteiger partial charge on any atom is -0.287 e.